The van der Waals surface area contributed by atoms with Crippen LogP contribution in [0, 0.1) is 40.9 Å². The first-order valence-electron chi connectivity index (χ1n) is 10.5. The lowest BCUT2D eigenvalue weighted by molar-refractivity contribution is -0.147. The normalized spacial score (nSPS) is 57.9. The molecule has 1 saturated heterocycles. The van der Waals surface area contributed by atoms with Gasteiger partial charge in [-0.3, -0.25) is 4.79 Å². The molecule has 3 unspecified atom stereocenters. The molecule has 130 valence electrons. The fraction of sp³-hybridized carbons (Fsp3) is 0.864. The van der Waals surface area contributed by atoms with Gasteiger partial charge in [0.25, 0.3) is 0 Å². The quantitative estimate of drug-likeness (QED) is 0.653. The molecule has 4 saturated carbocycles. The van der Waals surface area contributed by atoms with E-state index in [1.54, 1.807) is 0 Å². The summed E-state index contributed by atoms with van der Waals surface area (Å²) >= 11 is 0. The Balaban J connectivity index is 1.37. The lowest BCUT2D eigenvalue weighted by Crippen LogP contribution is -2.54. The number of ketones is 1. The first-order chi connectivity index (χ1) is 11.6. The molecule has 0 aromatic heterocycles. The molecule has 2 nitrogen and oxygen atoms in total. The van der Waals surface area contributed by atoms with Crippen LogP contribution >= 0.6 is 0 Å². The van der Waals surface area contributed by atoms with E-state index in [0.29, 0.717) is 11.2 Å². The molecule has 5 fully saturated rings. The number of rotatable bonds is 0. The fourth-order valence-electron chi connectivity index (χ4n) is 8.69. The van der Waals surface area contributed by atoms with Crippen LogP contribution in [0.5, 0.6) is 0 Å². The van der Waals surface area contributed by atoms with Gasteiger partial charge in [-0.05, 0) is 93.0 Å². The van der Waals surface area contributed by atoms with Gasteiger partial charge in [-0.25, -0.2) is 0 Å². The molecular weight excluding hydrogens is 296 g/mol. The summed E-state index contributed by atoms with van der Waals surface area (Å²) in [5, 5.41) is 0. The number of carbonyl (C=O) groups excluding carboxylic acids is 1. The Bertz CT molecular complexity index is 628. The van der Waals surface area contributed by atoms with Gasteiger partial charge in [0.1, 0.15) is 0 Å². The van der Waals surface area contributed by atoms with Crippen molar-refractivity contribution in [3.05, 3.63) is 11.6 Å². The van der Waals surface area contributed by atoms with E-state index in [4.69, 9.17) is 4.74 Å². The predicted molar refractivity (Wildman–Crippen MR) is 92.4 cm³/mol. The number of ether oxygens (including phenoxy) is 1. The van der Waals surface area contributed by atoms with E-state index < -0.39 is 0 Å². The van der Waals surface area contributed by atoms with Crippen LogP contribution < -0.4 is 0 Å². The van der Waals surface area contributed by atoms with Crippen molar-refractivity contribution in [2.24, 2.45) is 40.9 Å². The van der Waals surface area contributed by atoms with Gasteiger partial charge < -0.3 is 4.74 Å². The molecule has 0 aromatic rings. The van der Waals surface area contributed by atoms with Crippen molar-refractivity contribution in [1.29, 1.82) is 0 Å². The van der Waals surface area contributed by atoms with Crippen LogP contribution in [0.25, 0.3) is 0 Å². The van der Waals surface area contributed by atoms with Crippen molar-refractivity contribution in [2.75, 3.05) is 6.61 Å². The highest BCUT2D eigenvalue weighted by Crippen LogP contribution is 2.78. The molecular formula is C22H30O2. The molecule has 1 heterocycles. The van der Waals surface area contributed by atoms with Crippen LogP contribution in [0.1, 0.15) is 64.7 Å². The standard InChI is InChI=1S/C22H30O2/c1-21-9-7-16-15-6-4-14(23)11-13(15)3-5-17(16)20(21)18-12-19(18)22(21)8-2-10-24-22/h11,15-20H,2-10,12H2,1H3/t15-,16?,17?,18+,19-,20?,21-,22-/m0/s1. The minimum atomic E-state index is 0.256. The Morgan fingerprint density at radius 1 is 1.08 bits per heavy atom. The topological polar surface area (TPSA) is 26.3 Å². The van der Waals surface area contributed by atoms with Crippen molar-refractivity contribution in [3.8, 4) is 0 Å². The average Bonchev–Trinajstić information content (AvgIpc) is 3.13. The summed E-state index contributed by atoms with van der Waals surface area (Å²) in [7, 11) is 0. The highest BCUT2D eigenvalue weighted by Gasteiger charge is 2.76. The second-order valence-corrected chi connectivity index (χ2v) is 10.0. The minimum absolute atomic E-state index is 0.256. The van der Waals surface area contributed by atoms with Crippen LogP contribution in [0.2, 0.25) is 0 Å². The molecule has 0 radical (unpaired) electrons. The van der Waals surface area contributed by atoms with Crippen molar-refractivity contribution >= 4 is 5.78 Å². The highest BCUT2D eigenvalue weighted by molar-refractivity contribution is 5.91. The molecule has 8 atom stereocenters. The smallest absolute Gasteiger partial charge is 0.155 e. The zero-order valence-corrected chi connectivity index (χ0v) is 14.9. The summed E-state index contributed by atoms with van der Waals surface area (Å²) in [4.78, 5) is 11.8. The van der Waals surface area contributed by atoms with E-state index >= 15 is 0 Å². The Kier molecular flexibility index (Phi) is 2.76. The Morgan fingerprint density at radius 3 is 2.83 bits per heavy atom. The van der Waals surface area contributed by atoms with Gasteiger partial charge in [-0.1, -0.05) is 12.5 Å². The summed E-state index contributed by atoms with van der Waals surface area (Å²) in [5.74, 6) is 5.69. The first kappa shape index (κ1) is 14.5. The molecule has 6 rings (SSSR count). The first-order valence-corrected chi connectivity index (χ1v) is 10.5. The number of hydrogen-bond donors (Lipinski definition) is 0. The zero-order chi connectivity index (χ0) is 16.1. The third-order valence-electron chi connectivity index (χ3n) is 9.47. The van der Waals surface area contributed by atoms with Crippen molar-refractivity contribution in [1.82, 2.24) is 0 Å². The second kappa shape index (κ2) is 4.55. The maximum atomic E-state index is 11.8. The van der Waals surface area contributed by atoms with E-state index in [1.807, 2.05) is 6.08 Å². The number of hydrogen-bond acceptors (Lipinski definition) is 2. The molecule has 6 aliphatic rings. The summed E-state index contributed by atoms with van der Waals surface area (Å²) < 4.78 is 6.57. The van der Waals surface area contributed by atoms with E-state index in [2.05, 4.69) is 6.92 Å². The third kappa shape index (κ3) is 1.56. The van der Waals surface area contributed by atoms with Gasteiger partial charge in [-0.15, -0.1) is 0 Å². The van der Waals surface area contributed by atoms with Gasteiger partial charge in [0.05, 0.1) is 5.60 Å². The van der Waals surface area contributed by atoms with Crippen molar-refractivity contribution < 1.29 is 9.53 Å². The fourth-order valence-corrected chi connectivity index (χ4v) is 8.69. The lowest BCUT2D eigenvalue weighted by Gasteiger charge is -2.57. The monoisotopic (exact) mass is 326 g/mol. The Hall–Kier alpha value is -0.630. The van der Waals surface area contributed by atoms with Gasteiger partial charge in [0.2, 0.25) is 0 Å². The van der Waals surface area contributed by atoms with E-state index in [-0.39, 0.29) is 5.60 Å². The molecule has 2 heteroatoms. The van der Waals surface area contributed by atoms with Gasteiger partial charge in [-0.2, -0.15) is 0 Å². The number of fused-ring (bicyclic) bond motifs is 9. The molecule has 24 heavy (non-hydrogen) atoms. The maximum Gasteiger partial charge on any atom is 0.155 e. The van der Waals surface area contributed by atoms with Crippen LogP contribution in [-0.4, -0.2) is 18.0 Å². The minimum Gasteiger partial charge on any atom is -0.374 e. The van der Waals surface area contributed by atoms with Crippen LogP contribution in [0.15, 0.2) is 11.6 Å². The number of carbonyl (C=O) groups is 1. The lowest BCUT2D eigenvalue weighted by atomic mass is 9.49. The van der Waals surface area contributed by atoms with Crippen LogP contribution in [0.3, 0.4) is 0 Å². The van der Waals surface area contributed by atoms with Gasteiger partial charge >= 0.3 is 0 Å². The summed E-state index contributed by atoms with van der Waals surface area (Å²) in [6.45, 7) is 3.62. The van der Waals surface area contributed by atoms with E-state index in [0.717, 1.165) is 55.0 Å². The summed E-state index contributed by atoms with van der Waals surface area (Å²) in [5.41, 5.74) is 2.23. The predicted octanol–water partition coefficient (Wildman–Crippen LogP) is 4.53. The largest absolute Gasteiger partial charge is 0.374 e. The highest BCUT2D eigenvalue weighted by atomic mass is 16.5. The third-order valence-corrected chi connectivity index (χ3v) is 9.47. The van der Waals surface area contributed by atoms with Crippen LogP contribution in [0.4, 0.5) is 0 Å². The molecule has 0 amide bonds. The zero-order valence-electron chi connectivity index (χ0n) is 14.9. The average molecular weight is 326 g/mol. The van der Waals surface area contributed by atoms with Crippen LogP contribution in [-0.2, 0) is 9.53 Å². The molecule has 5 aliphatic carbocycles. The van der Waals surface area contributed by atoms with Gasteiger partial charge in [0.15, 0.2) is 5.78 Å². The number of allylic oxidation sites excluding steroid dienone is 1. The molecule has 0 bridgehead atoms. The Morgan fingerprint density at radius 2 is 2.00 bits per heavy atom. The van der Waals surface area contributed by atoms with Crippen molar-refractivity contribution in [3.63, 3.8) is 0 Å². The maximum absolute atomic E-state index is 11.8. The molecule has 0 N–H and O–H groups in total. The summed E-state index contributed by atoms with van der Waals surface area (Å²) in [6, 6.07) is 0. The van der Waals surface area contributed by atoms with Crippen molar-refractivity contribution in [2.45, 2.75) is 70.3 Å². The van der Waals surface area contributed by atoms with E-state index in [1.165, 1.54) is 50.5 Å². The SMILES string of the molecule is C[C@]12CCC3C(CCC4=CC(=O)CC[C@@H]43)C1[C@@H]1C[C@@H]1[C@@]21CCCO1. The second-order valence-electron chi connectivity index (χ2n) is 10.0. The molecule has 1 spiro atoms. The summed E-state index contributed by atoms with van der Waals surface area (Å²) in [6.07, 6.45) is 13.4. The Labute approximate surface area is 145 Å². The molecule has 0 aromatic carbocycles. The molecule has 1 aliphatic heterocycles. The van der Waals surface area contributed by atoms with Gasteiger partial charge in [0, 0.05) is 18.4 Å². The van der Waals surface area contributed by atoms with E-state index in [9.17, 15) is 4.79 Å².